The maximum absolute atomic E-state index is 5.20. The summed E-state index contributed by atoms with van der Waals surface area (Å²) in [6.07, 6.45) is 2.56. The monoisotopic (exact) mass is 363 g/mol. The highest BCUT2D eigenvalue weighted by molar-refractivity contribution is 7.13. The van der Waals surface area contributed by atoms with Gasteiger partial charge in [-0.15, -0.1) is 11.3 Å². The summed E-state index contributed by atoms with van der Waals surface area (Å²) in [5, 5.41) is 10.3. The second-order valence-corrected chi connectivity index (χ2v) is 6.62. The van der Waals surface area contributed by atoms with Crippen LogP contribution in [0.5, 0.6) is 0 Å². The average Bonchev–Trinajstić information content (AvgIpc) is 3.32. The first-order chi connectivity index (χ1) is 12.8. The van der Waals surface area contributed by atoms with Gasteiger partial charge in [0.2, 0.25) is 0 Å². The predicted octanol–water partition coefficient (Wildman–Crippen LogP) is 4.22. The predicted molar refractivity (Wildman–Crippen MR) is 102 cm³/mol. The number of anilines is 1. The largest absolute Gasteiger partial charge is 0.370 e. The van der Waals surface area contributed by atoms with Gasteiger partial charge < -0.3 is 9.84 Å². The van der Waals surface area contributed by atoms with Gasteiger partial charge in [-0.05, 0) is 19.1 Å². The van der Waals surface area contributed by atoms with Gasteiger partial charge in [0.05, 0.1) is 5.69 Å². The van der Waals surface area contributed by atoms with E-state index in [1.807, 2.05) is 30.3 Å². The zero-order chi connectivity index (χ0) is 17.8. The van der Waals surface area contributed by atoms with Gasteiger partial charge in [0.25, 0.3) is 5.89 Å². The maximum atomic E-state index is 5.20. The molecule has 0 aliphatic carbocycles. The lowest BCUT2D eigenvalue weighted by Crippen LogP contribution is -2.06. The Morgan fingerprint density at radius 2 is 1.96 bits per heavy atom. The fourth-order valence-electron chi connectivity index (χ4n) is 2.53. The van der Waals surface area contributed by atoms with Gasteiger partial charge in [-0.1, -0.05) is 35.5 Å². The van der Waals surface area contributed by atoms with Crippen LogP contribution < -0.4 is 5.32 Å². The Morgan fingerprint density at radius 3 is 2.77 bits per heavy atom. The third-order valence-corrected chi connectivity index (χ3v) is 4.73. The third-order valence-electron chi connectivity index (χ3n) is 3.79. The first-order valence-electron chi connectivity index (χ1n) is 8.28. The standard InChI is InChI=1S/C19H17N5OS/c1-13-22-18(25-24-13)15-7-9-20-17(11-15)21-10-8-16-12-26-19(23-16)14-5-3-2-4-6-14/h2-7,9,11-12H,8,10H2,1H3,(H,20,21). The van der Waals surface area contributed by atoms with Crippen LogP contribution in [0.2, 0.25) is 0 Å². The topological polar surface area (TPSA) is 76.7 Å². The molecule has 0 bridgehead atoms. The molecule has 0 aliphatic rings. The molecule has 0 radical (unpaired) electrons. The van der Waals surface area contributed by atoms with Crippen molar-refractivity contribution in [2.24, 2.45) is 0 Å². The van der Waals surface area contributed by atoms with Crippen LogP contribution in [0.1, 0.15) is 11.5 Å². The summed E-state index contributed by atoms with van der Waals surface area (Å²) in [7, 11) is 0. The summed E-state index contributed by atoms with van der Waals surface area (Å²) < 4.78 is 5.20. The molecule has 0 fully saturated rings. The van der Waals surface area contributed by atoms with Crippen LogP contribution in [-0.2, 0) is 6.42 Å². The minimum Gasteiger partial charge on any atom is -0.370 e. The van der Waals surface area contributed by atoms with Crippen LogP contribution in [0.4, 0.5) is 5.82 Å². The molecule has 4 rings (SSSR count). The molecule has 1 aromatic carbocycles. The summed E-state index contributed by atoms with van der Waals surface area (Å²) >= 11 is 1.67. The lowest BCUT2D eigenvalue weighted by molar-refractivity contribution is 0.425. The zero-order valence-electron chi connectivity index (χ0n) is 14.2. The van der Waals surface area contributed by atoms with E-state index >= 15 is 0 Å². The van der Waals surface area contributed by atoms with E-state index in [1.54, 1.807) is 24.5 Å². The number of benzene rings is 1. The Hall–Kier alpha value is -3.06. The van der Waals surface area contributed by atoms with Crippen molar-refractivity contribution in [3.63, 3.8) is 0 Å². The van der Waals surface area contributed by atoms with Gasteiger partial charge in [0, 0.05) is 35.7 Å². The van der Waals surface area contributed by atoms with Gasteiger partial charge in [0.15, 0.2) is 5.82 Å². The van der Waals surface area contributed by atoms with E-state index in [4.69, 9.17) is 9.51 Å². The Balaban J connectivity index is 1.37. The Kier molecular flexibility index (Phi) is 4.70. The van der Waals surface area contributed by atoms with Crippen LogP contribution in [0.15, 0.2) is 58.6 Å². The molecule has 0 saturated heterocycles. The van der Waals surface area contributed by atoms with Crippen LogP contribution in [-0.4, -0.2) is 26.7 Å². The third kappa shape index (κ3) is 3.78. The van der Waals surface area contributed by atoms with Crippen molar-refractivity contribution in [2.75, 3.05) is 11.9 Å². The lowest BCUT2D eigenvalue weighted by atomic mass is 10.2. The minimum atomic E-state index is 0.500. The quantitative estimate of drug-likeness (QED) is 0.553. The fourth-order valence-corrected chi connectivity index (χ4v) is 3.39. The molecule has 4 aromatic rings. The molecule has 6 nitrogen and oxygen atoms in total. The average molecular weight is 363 g/mol. The molecule has 0 amide bonds. The summed E-state index contributed by atoms with van der Waals surface area (Å²) in [5.41, 5.74) is 3.08. The maximum Gasteiger partial charge on any atom is 0.258 e. The summed E-state index contributed by atoms with van der Waals surface area (Å²) in [6, 6.07) is 14.0. The van der Waals surface area contributed by atoms with Crippen LogP contribution in [0, 0.1) is 6.92 Å². The number of thiazole rings is 1. The molecular weight excluding hydrogens is 346 g/mol. The molecule has 3 aromatic heterocycles. The van der Waals surface area contributed by atoms with Gasteiger partial charge in [-0.3, -0.25) is 0 Å². The van der Waals surface area contributed by atoms with E-state index in [1.165, 1.54) is 0 Å². The molecular formula is C19H17N5OS. The zero-order valence-corrected chi connectivity index (χ0v) is 15.0. The van der Waals surface area contributed by atoms with Crippen molar-refractivity contribution >= 4 is 17.2 Å². The highest BCUT2D eigenvalue weighted by Crippen LogP contribution is 2.23. The van der Waals surface area contributed by atoms with E-state index in [9.17, 15) is 0 Å². The molecule has 0 spiro atoms. The molecule has 3 heterocycles. The molecule has 26 heavy (non-hydrogen) atoms. The number of nitrogens with zero attached hydrogens (tertiary/aromatic N) is 4. The molecule has 1 N–H and O–H groups in total. The van der Waals surface area contributed by atoms with Crippen molar-refractivity contribution < 1.29 is 4.52 Å². The number of hydrogen-bond acceptors (Lipinski definition) is 7. The molecule has 7 heteroatoms. The molecule has 0 saturated carbocycles. The number of hydrogen-bond donors (Lipinski definition) is 1. The second-order valence-electron chi connectivity index (χ2n) is 5.76. The van der Waals surface area contributed by atoms with E-state index in [-0.39, 0.29) is 0 Å². The smallest absolute Gasteiger partial charge is 0.258 e. The van der Waals surface area contributed by atoms with Crippen molar-refractivity contribution in [3.8, 4) is 22.0 Å². The van der Waals surface area contributed by atoms with Crippen LogP contribution in [0.25, 0.3) is 22.0 Å². The van der Waals surface area contributed by atoms with E-state index < -0.39 is 0 Å². The number of aryl methyl sites for hydroxylation is 1. The summed E-state index contributed by atoms with van der Waals surface area (Å²) in [6.45, 7) is 2.54. The summed E-state index contributed by atoms with van der Waals surface area (Å²) in [4.78, 5) is 13.3. The number of rotatable bonds is 6. The van der Waals surface area contributed by atoms with Gasteiger partial charge >= 0.3 is 0 Å². The van der Waals surface area contributed by atoms with E-state index in [0.29, 0.717) is 11.7 Å². The van der Waals surface area contributed by atoms with Gasteiger partial charge in [0.1, 0.15) is 10.8 Å². The van der Waals surface area contributed by atoms with Crippen LogP contribution >= 0.6 is 11.3 Å². The highest BCUT2D eigenvalue weighted by atomic mass is 32.1. The van der Waals surface area contributed by atoms with Gasteiger partial charge in [-0.25, -0.2) is 9.97 Å². The Morgan fingerprint density at radius 1 is 1.08 bits per heavy atom. The number of nitrogens with one attached hydrogen (secondary N) is 1. The lowest BCUT2D eigenvalue weighted by Gasteiger charge is -2.05. The van der Waals surface area contributed by atoms with Crippen molar-refractivity contribution in [3.05, 3.63) is 65.6 Å². The van der Waals surface area contributed by atoms with Crippen molar-refractivity contribution in [2.45, 2.75) is 13.3 Å². The van der Waals surface area contributed by atoms with E-state index in [2.05, 4.69) is 38.0 Å². The van der Waals surface area contributed by atoms with Crippen molar-refractivity contribution in [1.29, 1.82) is 0 Å². The van der Waals surface area contributed by atoms with Crippen LogP contribution in [0.3, 0.4) is 0 Å². The first-order valence-corrected chi connectivity index (χ1v) is 9.16. The Bertz CT molecular complexity index is 996. The van der Waals surface area contributed by atoms with E-state index in [0.717, 1.165) is 40.6 Å². The second kappa shape index (κ2) is 7.45. The SMILES string of the molecule is Cc1noc(-c2ccnc(NCCc3csc(-c4ccccc4)n3)c2)n1. The van der Waals surface area contributed by atoms with Crippen molar-refractivity contribution in [1.82, 2.24) is 20.1 Å². The molecule has 0 atom stereocenters. The molecule has 0 unspecified atom stereocenters. The number of pyridine rings is 1. The Labute approximate surface area is 155 Å². The van der Waals surface area contributed by atoms with Gasteiger partial charge in [-0.2, -0.15) is 4.98 Å². The summed E-state index contributed by atoms with van der Waals surface area (Å²) in [5.74, 6) is 1.89. The minimum absolute atomic E-state index is 0.500. The molecule has 0 aliphatic heterocycles. The number of aromatic nitrogens is 4. The highest BCUT2D eigenvalue weighted by Gasteiger charge is 2.08. The fraction of sp³-hybridized carbons (Fsp3) is 0.158. The first kappa shape index (κ1) is 16.4. The normalized spacial score (nSPS) is 10.8. The molecule has 130 valence electrons.